The highest BCUT2D eigenvalue weighted by atomic mass is 79.9. The third kappa shape index (κ3) is 3.22. The number of carbonyl (C=O) groups excluding carboxylic acids is 1. The molecule has 5 heteroatoms. The molecule has 0 aliphatic carbocycles. The smallest absolute Gasteiger partial charge is 0.321 e. The van der Waals surface area contributed by atoms with Crippen molar-refractivity contribution in [1.82, 2.24) is 4.90 Å². The van der Waals surface area contributed by atoms with Crippen LogP contribution < -0.4 is 5.32 Å². The largest absolute Gasteiger partial charge is 0.325 e. The lowest BCUT2D eigenvalue weighted by atomic mass is 10.00. The van der Waals surface area contributed by atoms with Gasteiger partial charge in [-0.15, -0.1) is 0 Å². The molecule has 0 aromatic heterocycles. The van der Waals surface area contributed by atoms with Gasteiger partial charge >= 0.3 is 6.03 Å². The van der Waals surface area contributed by atoms with Crippen LogP contribution in [0.2, 0.25) is 0 Å². The monoisotopic (exact) mass is 314 g/mol. The summed E-state index contributed by atoms with van der Waals surface area (Å²) >= 11 is 3.24. The average molecular weight is 315 g/mol. The van der Waals surface area contributed by atoms with Gasteiger partial charge in [0.25, 0.3) is 0 Å². The fraction of sp³-hybridized carbons (Fsp3) is 0.462. The van der Waals surface area contributed by atoms with E-state index in [0.29, 0.717) is 16.1 Å². The van der Waals surface area contributed by atoms with E-state index in [-0.39, 0.29) is 11.8 Å². The number of carbonyl (C=O) groups is 1. The summed E-state index contributed by atoms with van der Waals surface area (Å²) in [4.78, 5) is 13.8. The maximum absolute atomic E-state index is 12.9. The zero-order chi connectivity index (χ0) is 13.1. The van der Waals surface area contributed by atoms with E-state index in [1.807, 2.05) is 0 Å². The molecule has 0 spiro atoms. The van der Waals surface area contributed by atoms with Gasteiger partial charge in [0.1, 0.15) is 5.82 Å². The van der Waals surface area contributed by atoms with Gasteiger partial charge in [0.05, 0.1) is 5.69 Å². The third-order valence-corrected chi connectivity index (χ3v) is 3.90. The van der Waals surface area contributed by atoms with Gasteiger partial charge in [0.2, 0.25) is 0 Å². The predicted molar refractivity (Wildman–Crippen MR) is 73.1 cm³/mol. The Kier molecular flexibility index (Phi) is 4.22. The molecule has 1 aromatic carbocycles. The number of likely N-dealkylation sites (tertiary alicyclic amines) is 1. The minimum absolute atomic E-state index is 0.116. The first-order valence-corrected chi connectivity index (χ1v) is 6.86. The first-order valence-electron chi connectivity index (χ1n) is 6.07. The Labute approximate surface area is 114 Å². The van der Waals surface area contributed by atoms with Crippen molar-refractivity contribution in [2.45, 2.75) is 19.8 Å². The SMILES string of the molecule is CC1CCN(C(=O)Nc2ccc(F)cc2Br)CC1. The molecular weight excluding hydrogens is 299 g/mol. The number of rotatable bonds is 1. The van der Waals surface area contributed by atoms with Gasteiger partial charge in [-0.25, -0.2) is 9.18 Å². The van der Waals surface area contributed by atoms with Gasteiger partial charge in [0, 0.05) is 17.6 Å². The number of nitrogens with zero attached hydrogens (tertiary/aromatic N) is 1. The zero-order valence-corrected chi connectivity index (χ0v) is 11.8. The number of halogens is 2. The molecule has 2 amide bonds. The lowest BCUT2D eigenvalue weighted by Gasteiger charge is -2.30. The summed E-state index contributed by atoms with van der Waals surface area (Å²) in [7, 11) is 0. The number of hydrogen-bond donors (Lipinski definition) is 1. The van der Waals surface area contributed by atoms with E-state index in [1.54, 1.807) is 11.0 Å². The van der Waals surface area contributed by atoms with Crippen molar-refractivity contribution < 1.29 is 9.18 Å². The molecule has 18 heavy (non-hydrogen) atoms. The second-order valence-electron chi connectivity index (χ2n) is 4.72. The van der Waals surface area contributed by atoms with E-state index in [4.69, 9.17) is 0 Å². The molecule has 1 heterocycles. The number of piperidine rings is 1. The van der Waals surface area contributed by atoms with Crippen LogP contribution in [0.3, 0.4) is 0 Å². The molecule has 0 radical (unpaired) electrons. The van der Waals surface area contributed by atoms with Crippen molar-refractivity contribution in [3.05, 3.63) is 28.5 Å². The van der Waals surface area contributed by atoms with Gasteiger partial charge in [-0.05, 0) is 52.9 Å². The Hall–Kier alpha value is -1.10. The average Bonchev–Trinajstić information content (AvgIpc) is 2.33. The van der Waals surface area contributed by atoms with Crippen LogP contribution in [0.4, 0.5) is 14.9 Å². The van der Waals surface area contributed by atoms with E-state index in [1.165, 1.54) is 12.1 Å². The highest BCUT2D eigenvalue weighted by molar-refractivity contribution is 9.10. The van der Waals surface area contributed by atoms with E-state index >= 15 is 0 Å². The summed E-state index contributed by atoms with van der Waals surface area (Å²) < 4.78 is 13.5. The maximum atomic E-state index is 12.9. The molecule has 1 fully saturated rings. The molecule has 98 valence electrons. The summed E-state index contributed by atoms with van der Waals surface area (Å²) in [5, 5.41) is 2.80. The fourth-order valence-corrected chi connectivity index (χ4v) is 2.45. The highest BCUT2D eigenvalue weighted by Gasteiger charge is 2.20. The minimum atomic E-state index is -0.327. The lowest BCUT2D eigenvalue weighted by molar-refractivity contribution is 0.186. The van der Waals surface area contributed by atoms with Gasteiger partial charge in [-0.3, -0.25) is 0 Å². The van der Waals surface area contributed by atoms with Crippen LogP contribution in [0.15, 0.2) is 22.7 Å². The first-order chi connectivity index (χ1) is 8.56. The molecule has 0 unspecified atom stereocenters. The molecule has 0 bridgehead atoms. The minimum Gasteiger partial charge on any atom is -0.325 e. The van der Waals surface area contributed by atoms with E-state index < -0.39 is 0 Å². The maximum Gasteiger partial charge on any atom is 0.321 e. The number of anilines is 1. The summed E-state index contributed by atoms with van der Waals surface area (Å²) in [5.74, 6) is 0.360. The quantitative estimate of drug-likeness (QED) is 0.839. The van der Waals surface area contributed by atoms with E-state index in [9.17, 15) is 9.18 Å². The number of urea groups is 1. The Morgan fingerprint density at radius 3 is 2.72 bits per heavy atom. The van der Waals surface area contributed by atoms with Crippen LogP contribution in [-0.4, -0.2) is 24.0 Å². The topological polar surface area (TPSA) is 32.3 Å². The lowest BCUT2D eigenvalue weighted by Crippen LogP contribution is -2.40. The van der Waals surface area contributed by atoms with Gasteiger partial charge in [-0.2, -0.15) is 0 Å². The molecule has 2 rings (SSSR count). The Bertz CT molecular complexity index is 445. The zero-order valence-electron chi connectivity index (χ0n) is 10.2. The van der Waals surface area contributed by atoms with Crippen LogP contribution in [0.1, 0.15) is 19.8 Å². The van der Waals surface area contributed by atoms with Crippen LogP contribution >= 0.6 is 15.9 Å². The summed E-state index contributed by atoms with van der Waals surface area (Å²) in [6.45, 7) is 3.77. The third-order valence-electron chi connectivity index (χ3n) is 3.24. The van der Waals surface area contributed by atoms with Crippen molar-refractivity contribution in [2.24, 2.45) is 5.92 Å². The molecule has 1 saturated heterocycles. The fourth-order valence-electron chi connectivity index (χ4n) is 2.00. The summed E-state index contributed by atoms with van der Waals surface area (Å²) in [6.07, 6.45) is 2.08. The van der Waals surface area contributed by atoms with Gasteiger partial charge in [0.15, 0.2) is 0 Å². The van der Waals surface area contributed by atoms with Crippen LogP contribution in [0, 0.1) is 11.7 Å². The number of hydrogen-bond acceptors (Lipinski definition) is 1. The normalized spacial score (nSPS) is 16.7. The molecule has 1 aliphatic heterocycles. The molecule has 1 aliphatic rings. The second-order valence-corrected chi connectivity index (χ2v) is 5.58. The summed E-state index contributed by atoms with van der Waals surface area (Å²) in [6, 6.07) is 4.12. The Morgan fingerprint density at radius 1 is 1.44 bits per heavy atom. The standard InChI is InChI=1S/C13H16BrFN2O/c1-9-4-6-17(7-5-9)13(18)16-12-3-2-10(15)8-11(12)14/h2-3,8-9H,4-7H2,1H3,(H,16,18). The van der Waals surface area contributed by atoms with Crippen molar-refractivity contribution in [2.75, 3.05) is 18.4 Å². The van der Waals surface area contributed by atoms with E-state index in [2.05, 4.69) is 28.2 Å². The second kappa shape index (κ2) is 5.69. The van der Waals surface area contributed by atoms with Crippen molar-refractivity contribution in [1.29, 1.82) is 0 Å². The van der Waals surface area contributed by atoms with Crippen molar-refractivity contribution >= 4 is 27.6 Å². The predicted octanol–water partition coefficient (Wildman–Crippen LogP) is 3.85. The number of amides is 2. The molecule has 1 N–H and O–H groups in total. The van der Waals surface area contributed by atoms with Crippen LogP contribution in [-0.2, 0) is 0 Å². The highest BCUT2D eigenvalue weighted by Crippen LogP contribution is 2.24. The molecule has 0 saturated carbocycles. The summed E-state index contributed by atoms with van der Waals surface area (Å²) in [5.41, 5.74) is 0.597. The van der Waals surface area contributed by atoms with Gasteiger partial charge < -0.3 is 10.2 Å². The van der Waals surface area contributed by atoms with Crippen LogP contribution in [0.5, 0.6) is 0 Å². The van der Waals surface area contributed by atoms with Gasteiger partial charge in [-0.1, -0.05) is 6.92 Å². The Balaban J connectivity index is 1.98. The van der Waals surface area contributed by atoms with Crippen molar-refractivity contribution in [3.63, 3.8) is 0 Å². The molecule has 3 nitrogen and oxygen atoms in total. The first kappa shape index (κ1) is 13.3. The molecule has 0 atom stereocenters. The Morgan fingerprint density at radius 2 is 2.11 bits per heavy atom. The molecule has 1 aromatic rings. The van der Waals surface area contributed by atoms with Crippen molar-refractivity contribution in [3.8, 4) is 0 Å². The number of benzene rings is 1. The molecular formula is C13H16BrFN2O. The van der Waals surface area contributed by atoms with E-state index in [0.717, 1.165) is 25.9 Å². The van der Waals surface area contributed by atoms with Crippen LogP contribution in [0.25, 0.3) is 0 Å². The number of nitrogens with one attached hydrogen (secondary N) is 1.